The molecule has 1 aromatic heterocycles. The number of anilines is 1. The molecule has 0 unspecified atom stereocenters. The van der Waals surface area contributed by atoms with Crippen LogP contribution in [0.25, 0.3) is 10.9 Å². The Bertz CT molecular complexity index is 1320. The molecule has 30 heavy (non-hydrogen) atoms. The van der Waals surface area contributed by atoms with E-state index in [0.29, 0.717) is 22.2 Å². The average molecular weight is 418 g/mol. The maximum atomic E-state index is 12.7. The van der Waals surface area contributed by atoms with Crippen molar-refractivity contribution in [3.8, 4) is 5.75 Å². The van der Waals surface area contributed by atoms with E-state index >= 15 is 0 Å². The first-order valence-electron chi connectivity index (χ1n) is 9.19. The molecule has 0 radical (unpaired) electrons. The summed E-state index contributed by atoms with van der Waals surface area (Å²) in [4.78, 5) is 16.9. The lowest BCUT2D eigenvalue weighted by molar-refractivity contribution is 0.102. The van der Waals surface area contributed by atoms with Crippen molar-refractivity contribution in [2.75, 3.05) is 5.32 Å². The van der Waals surface area contributed by atoms with E-state index < -0.39 is 10.1 Å². The molecule has 1 N–H and O–H groups in total. The molecule has 4 rings (SSSR count). The number of hydrogen-bond acceptors (Lipinski definition) is 5. The van der Waals surface area contributed by atoms with Gasteiger partial charge in [-0.25, -0.2) is 0 Å². The van der Waals surface area contributed by atoms with Gasteiger partial charge in [0.05, 0.1) is 11.2 Å². The fraction of sp³-hybridized carbons (Fsp3) is 0.0435. The fourth-order valence-corrected chi connectivity index (χ4v) is 3.92. The smallest absolute Gasteiger partial charge is 0.339 e. The van der Waals surface area contributed by atoms with Crippen LogP contribution in [-0.2, 0) is 10.1 Å². The van der Waals surface area contributed by atoms with E-state index in [1.807, 2.05) is 13.0 Å². The number of pyridine rings is 1. The van der Waals surface area contributed by atoms with Crippen LogP contribution in [0.1, 0.15) is 15.9 Å². The Balaban J connectivity index is 1.69. The summed E-state index contributed by atoms with van der Waals surface area (Å²) in [5, 5.41) is 3.29. The minimum atomic E-state index is -4.02. The number of carbonyl (C=O) groups excluding carboxylic acids is 1. The highest BCUT2D eigenvalue weighted by Crippen LogP contribution is 2.32. The number of aryl methyl sites for hydroxylation is 1. The van der Waals surface area contributed by atoms with Crippen molar-refractivity contribution < 1.29 is 17.4 Å². The predicted molar refractivity (Wildman–Crippen MR) is 115 cm³/mol. The molecule has 4 aromatic rings. The molecule has 0 aliphatic carbocycles. The van der Waals surface area contributed by atoms with Crippen LogP contribution in [-0.4, -0.2) is 19.3 Å². The summed E-state index contributed by atoms with van der Waals surface area (Å²) in [5.74, 6) is -0.153. The van der Waals surface area contributed by atoms with Gasteiger partial charge < -0.3 is 9.50 Å². The summed E-state index contributed by atoms with van der Waals surface area (Å²) in [7, 11) is -4.02. The Labute approximate surface area is 174 Å². The first-order valence-corrected chi connectivity index (χ1v) is 10.6. The van der Waals surface area contributed by atoms with Crippen molar-refractivity contribution in [2.45, 2.75) is 11.8 Å². The van der Waals surface area contributed by atoms with E-state index in [1.54, 1.807) is 60.8 Å². The molecule has 0 saturated carbocycles. The Hall–Kier alpha value is -3.71. The van der Waals surface area contributed by atoms with Crippen molar-refractivity contribution in [1.29, 1.82) is 0 Å². The zero-order valence-electron chi connectivity index (χ0n) is 16.1. The standard InChI is InChI=1S/C23H18N2O4S/c1-16-9-11-18(12-10-16)30(27,28)29-21-14-13-20(22-19(21)8-5-15-24-22)25-23(26)17-6-3-2-4-7-17/h2-15H,1H3,(H,25,26). The van der Waals surface area contributed by atoms with Crippen LogP contribution in [0.5, 0.6) is 5.75 Å². The van der Waals surface area contributed by atoms with Gasteiger partial charge in [-0.2, -0.15) is 8.42 Å². The molecule has 0 spiro atoms. The molecule has 6 nitrogen and oxygen atoms in total. The topological polar surface area (TPSA) is 85.4 Å². The van der Waals surface area contributed by atoms with Gasteiger partial charge in [0.2, 0.25) is 0 Å². The van der Waals surface area contributed by atoms with E-state index in [2.05, 4.69) is 10.3 Å². The zero-order valence-corrected chi connectivity index (χ0v) is 16.9. The third-order valence-corrected chi connectivity index (χ3v) is 5.77. The number of aromatic nitrogens is 1. The maximum Gasteiger partial charge on any atom is 0.339 e. The molecular formula is C23H18N2O4S. The number of nitrogens with zero attached hydrogens (tertiary/aromatic N) is 1. The summed E-state index contributed by atoms with van der Waals surface area (Å²) < 4.78 is 30.8. The highest BCUT2D eigenvalue weighted by atomic mass is 32.2. The second kappa shape index (κ2) is 7.96. The summed E-state index contributed by atoms with van der Waals surface area (Å²) in [6.45, 7) is 1.87. The van der Waals surface area contributed by atoms with Gasteiger partial charge >= 0.3 is 10.1 Å². The monoisotopic (exact) mass is 418 g/mol. The van der Waals surface area contributed by atoms with Gasteiger partial charge in [0.15, 0.2) is 5.75 Å². The van der Waals surface area contributed by atoms with Crippen molar-refractivity contribution in [1.82, 2.24) is 4.98 Å². The first-order chi connectivity index (χ1) is 14.4. The van der Waals surface area contributed by atoms with Crippen molar-refractivity contribution in [3.05, 3.63) is 96.2 Å². The lowest BCUT2D eigenvalue weighted by atomic mass is 10.1. The first kappa shape index (κ1) is 19.6. The second-order valence-corrected chi connectivity index (χ2v) is 8.23. The number of fused-ring (bicyclic) bond motifs is 1. The lowest BCUT2D eigenvalue weighted by Crippen LogP contribution is -2.13. The minimum Gasteiger partial charge on any atom is -0.378 e. The number of rotatable bonds is 5. The Morgan fingerprint density at radius 1 is 0.900 bits per heavy atom. The van der Waals surface area contributed by atoms with Gasteiger partial charge in [0.1, 0.15) is 4.90 Å². The van der Waals surface area contributed by atoms with Gasteiger partial charge in [0.25, 0.3) is 5.91 Å². The Morgan fingerprint density at radius 2 is 1.63 bits per heavy atom. The van der Waals surface area contributed by atoms with Gasteiger partial charge in [0, 0.05) is 17.1 Å². The average Bonchev–Trinajstić information content (AvgIpc) is 2.76. The maximum absolute atomic E-state index is 12.7. The predicted octanol–water partition coefficient (Wildman–Crippen LogP) is 4.56. The van der Waals surface area contributed by atoms with Gasteiger partial charge in [-0.15, -0.1) is 0 Å². The highest BCUT2D eigenvalue weighted by molar-refractivity contribution is 7.87. The van der Waals surface area contributed by atoms with Gasteiger partial charge in [-0.05, 0) is 55.5 Å². The van der Waals surface area contributed by atoms with E-state index in [9.17, 15) is 13.2 Å². The van der Waals surface area contributed by atoms with Crippen LogP contribution in [0, 0.1) is 6.92 Å². The third-order valence-electron chi connectivity index (χ3n) is 4.52. The van der Waals surface area contributed by atoms with E-state index in [1.165, 1.54) is 18.2 Å². The molecule has 150 valence electrons. The SMILES string of the molecule is Cc1ccc(S(=O)(=O)Oc2ccc(NC(=O)c3ccccc3)c3ncccc23)cc1. The summed E-state index contributed by atoms with van der Waals surface area (Å²) in [5.41, 5.74) is 2.34. The van der Waals surface area contributed by atoms with Crippen LogP contribution >= 0.6 is 0 Å². The van der Waals surface area contributed by atoms with E-state index in [-0.39, 0.29) is 16.6 Å². The van der Waals surface area contributed by atoms with Crippen LogP contribution in [0.3, 0.4) is 0 Å². The van der Waals surface area contributed by atoms with Gasteiger partial charge in [-0.1, -0.05) is 35.9 Å². The van der Waals surface area contributed by atoms with Crippen molar-refractivity contribution >= 4 is 32.6 Å². The molecule has 0 bridgehead atoms. The zero-order chi connectivity index (χ0) is 21.1. The number of carbonyl (C=O) groups is 1. The van der Waals surface area contributed by atoms with Crippen molar-refractivity contribution in [3.63, 3.8) is 0 Å². The molecule has 1 heterocycles. The molecular weight excluding hydrogens is 400 g/mol. The summed E-state index contributed by atoms with van der Waals surface area (Å²) in [6, 6.07) is 21.7. The summed E-state index contributed by atoms with van der Waals surface area (Å²) in [6.07, 6.45) is 1.57. The number of amides is 1. The van der Waals surface area contributed by atoms with E-state index in [0.717, 1.165) is 5.56 Å². The molecule has 3 aromatic carbocycles. The van der Waals surface area contributed by atoms with Crippen LogP contribution in [0.4, 0.5) is 5.69 Å². The van der Waals surface area contributed by atoms with Crippen LogP contribution < -0.4 is 9.50 Å². The molecule has 0 atom stereocenters. The molecule has 0 aliphatic rings. The molecule has 0 saturated heterocycles. The lowest BCUT2D eigenvalue weighted by Gasteiger charge is -2.13. The third kappa shape index (κ3) is 4.01. The molecule has 1 amide bonds. The molecule has 7 heteroatoms. The van der Waals surface area contributed by atoms with Crippen LogP contribution in [0.2, 0.25) is 0 Å². The molecule has 0 fully saturated rings. The largest absolute Gasteiger partial charge is 0.378 e. The van der Waals surface area contributed by atoms with Crippen LogP contribution in [0.15, 0.2) is 90.0 Å². The normalized spacial score (nSPS) is 11.2. The number of benzene rings is 3. The Kier molecular flexibility index (Phi) is 5.20. The van der Waals surface area contributed by atoms with E-state index in [4.69, 9.17) is 4.18 Å². The van der Waals surface area contributed by atoms with Crippen molar-refractivity contribution in [2.24, 2.45) is 0 Å². The number of hydrogen-bond donors (Lipinski definition) is 1. The number of nitrogens with one attached hydrogen (secondary N) is 1. The minimum absolute atomic E-state index is 0.0617. The highest BCUT2D eigenvalue weighted by Gasteiger charge is 2.19. The quantitative estimate of drug-likeness (QED) is 0.480. The fourth-order valence-electron chi connectivity index (χ4n) is 2.98. The Morgan fingerprint density at radius 3 is 2.37 bits per heavy atom. The summed E-state index contributed by atoms with van der Waals surface area (Å²) >= 11 is 0. The second-order valence-electron chi connectivity index (χ2n) is 6.68. The molecule has 0 aliphatic heterocycles. The van der Waals surface area contributed by atoms with Gasteiger partial charge in [-0.3, -0.25) is 9.78 Å².